The monoisotopic (exact) mass is 869 g/mol. The molecular formula is C62H55N5. The van der Waals surface area contributed by atoms with Crippen LogP contribution in [0, 0.1) is 60.7 Å². The van der Waals surface area contributed by atoms with E-state index in [0.717, 1.165) is 67.8 Å². The number of hydrogen-bond acceptors (Lipinski definition) is 1. The second-order valence-corrected chi connectivity index (χ2v) is 17.3. The Morgan fingerprint density at radius 3 is 0.642 bits per heavy atom. The van der Waals surface area contributed by atoms with E-state index in [1.165, 1.54) is 6.92 Å². The summed E-state index contributed by atoms with van der Waals surface area (Å²) in [5, 5.41) is 7.32. The predicted octanol–water partition coefficient (Wildman–Crippen LogP) is 12.8. The van der Waals surface area contributed by atoms with E-state index in [-0.39, 0.29) is 0 Å². The number of hydrogen-bond donors (Lipinski definition) is 4. The molecule has 4 aromatic heterocycles. The number of rotatable bonds is 12. The van der Waals surface area contributed by atoms with Gasteiger partial charge in [0.25, 0.3) is 0 Å². The lowest BCUT2D eigenvalue weighted by Gasteiger charge is -2.37. The molecule has 0 unspecified atom stereocenters. The van der Waals surface area contributed by atoms with E-state index in [0.29, 0.717) is 51.4 Å². The number of benzene rings is 4. The molecule has 0 aliphatic carbocycles. The first-order valence-corrected chi connectivity index (χ1v) is 23.0. The van der Waals surface area contributed by atoms with Crippen molar-refractivity contribution in [3.05, 3.63) is 238 Å². The molecule has 1 aliphatic heterocycles. The molecule has 8 aromatic rings. The number of nitrogens with zero attached hydrogens (tertiary/aromatic N) is 1. The third-order valence-corrected chi connectivity index (χ3v) is 14.1. The molecule has 0 radical (unpaired) electrons. The lowest BCUT2D eigenvalue weighted by Crippen LogP contribution is -2.35. The molecule has 0 saturated carbocycles. The molecule has 0 spiro atoms. The van der Waals surface area contributed by atoms with Gasteiger partial charge in [-0.05, 0) is 96.5 Å². The minimum Gasteiger partial charge on any atom is -0.360 e. The van der Waals surface area contributed by atoms with Crippen LogP contribution < -0.4 is 0 Å². The molecule has 0 saturated heterocycles. The molecule has 5 heterocycles. The summed E-state index contributed by atoms with van der Waals surface area (Å²) in [4.78, 5) is 16.5. The Morgan fingerprint density at radius 2 is 0.493 bits per heavy atom. The second kappa shape index (κ2) is 19.9. The Labute approximate surface area is 396 Å². The van der Waals surface area contributed by atoms with E-state index in [4.69, 9.17) is 31.0 Å². The zero-order valence-corrected chi connectivity index (χ0v) is 38.1. The van der Waals surface area contributed by atoms with Crippen molar-refractivity contribution in [3.63, 3.8) is 0 Å². The van der Waals surface area contributed by atoms with E-state index in [1.807, 2.05) is 0 Å². The van der Waals surface area contributed by atoms with E-state index in [1.54, 1.807) is 6.07 Å². The van der Waals surface area contributed by atoms with Crippen molar-refractivity contribution >= 4 is 0 Å². The summed E-state index contributed by atoms with van der Waals surface area (Å²) in [6.07, 6.45) is 29.5. The Hall–Kier alpha value is -8.27. The quantitative estimate of drug-likeness (QED) is 0.0906. The molecule has 4 N–H and O–H groups in total. The van der Waals surface area contributed by atoms with Crippen LogP contribution in [0.2, 0.25) is 0 Å². The van der Waals surface area contributed by atoms with Gasteiger partial charge in [0.1, 0.15) is 0 Å². The molecule has 0 atom stereocenters. The van der Waals surface area contributed by atoms with Gasteiger partial charge in [0, 0.05) is 78.2 Å². The first-order chi connectivity index (χ1) is 32.9. The van der Waals surface area contributed by atoms with Crippen molar-refractivity contribution in [1.82, 2.24) is 19.9 Å². The van der Waals surface area contributed by atoms with Gasteiger partial charge in [-0.25, -0.2) is 0 Å². The Morgan fingerprint density at radius 1 is 0.328 bits per heavy atom. The van der Waals surface area contributed by atoms with Crippen LogP contribution in [0.25, 0.3) is 0 Å². The summed E-state index contributed by atoms with van der Waals surface area (Å²) in [6, 6.07) is 62.7. The van der Waals surface area contributed by atoms with Gasteiger partial charge in [-0.3, -0.25) is 0 Å². The molecule has 9 rings (SSSR count). The van der Waals surface area contributed by atoms with Gasteiger partial charge >= 0.3 is 0 Å². The largest absolute Gasteiger partial charge is 0.360 e. The summed E-state index contributed by atoms with van der Waals surface area (Å²) >= 11 is 0. The SMILES string of the molecule is C#CCCC1(c2ccccc2)c2ccc([nH]2)C(CCC#C)(c2ccccc2)c2ccc([nH]2)C(CCC#C)(c2ccccc2)c2ccc([nH]2)C(CCC#C)(c2ccccc2)c2ccc1[nH]2.CC#N. The van der Waals surface area contributed by atoms with Crippen LogP contribution in [0.3, 0.4) is 0 Å². The van der Waals surface area contributed by atoms with Gasteiger partial charge in [0.2, 0.25) is 0 Å². The van der Waals surface area contributed by atoms with Crippen molar-refractivity contribution in [3.8, 4) is 55.4 Å². The van der Waals surface area contributed by atoms with Gasteiger partial charge in [-0.1, -0.05) is 121 Å². The number of H-pyrrole nitrogens is 4. The molecular weight excluding hydrogens is 815 g/mol. The maximum atomic E-state index is 7.32. The molecule has 67 heavy (non-hydrogen) atoms. The van der Waals surface area contributed by atoms with Crippen molar-refractivity contribution in [2.75, 3.05) is 0 Å². The number of terminal acetylenes is 4. The van der Waals surface area contributed by atoms with Crippen LogP contribution in [-0.4, -0.2) is 19.9 Å². The Kier molecular flexibility index (Phi) is 13.4. The van der Waals surface area contributed by atoms with Crippen LogP contribution in [0.4, 0.5) is 0 Å². The highest BCUT2D eigenvalue weighted by atomic mass is 14.9. The standard InChI is InChI=1S/C60H52N4.C2H3N/c1-5-9-41-57(45-25-17-13-18-26-45)49-33-35-51(61-49)58(42-10-6-2,46-27-19-14-20-28-46)53-37-39-55(63-53)60(44-12-8-4,48-31-23-16-24-32-48)56-40-38-54(64-56)59(43-11-7-3,47-29-21-15-22-30-47)52-36-34-50(57)62-52;1-2-3/h1-4,13-40,61-64H,9-12,41-44H2;1H3. The average molecular weight is 870 g/mol. The lowest BCUT2D eigenvalue weighted by atomic mass is 9.71. The number of nitrogens with one attached hydrogen (secondary N) is 4. The van der Waals surface area contributed by atoms with Crippen molar-refractivity contribution in [1.29, 1.82) is 5.26 Å². The molecule has 1 aliphatic rings. The van der Waals surface area contributed by atoms with Gasteiger partial charge < -0.3 is 19.9 Å². The molecule has 4 aromatic carbocycles. The average Bonchev–Trinajstić information content (AvgIpc) is 4.25. The van der Waals surface area contributed by atoms with Crippen molar-refractivity contribution in [2.45, 2.75) is 80.0 Å². The Bertz CT molecular complexity index is 2610. The van der Waals surface area contributed by atoms with Crippen LogP contribution in [0.1, 0.15) is 126 Å². The summed E-state index contributed by atoms with van der Waals surface area (Å²) in [5.74, 6) is 12.0. The number of aromatic nitrogens is 4. The summed E-state index contributed by atoms with van der Waals surface area (Å²) in [6.45, 7) is 1.43. The smallest absolute Gasteiger partial charge is 0.0760 e. The minimum absolute atomic E-state index is 0.540. The number of nitriles is 1. The zero-order valence-electron chi connectivity index (χ0n) is 38.1. The normalized spacial score (nSPS) is 20.4. The Balaban J connectivity index is 0.00000198. The van der Waals surface area contributed by atoms with Crippen LogP contribution in [-0.2, 0) is 21.7 Å². The topological polar surface area (TPSA) is 86.9 Å². The third-order valence-electron chi connectivity index (χ3n) is 14.1. The molecule has 0 fully saturated rings. The molecule has 0 amide bonds. The lowest BCUT2D eigenvalue weighted by molar-refractivity contribution is 0.497. The number of aromatic amines is 4. The van der Waals surface area contributed by atoms with Crippen LogP contribution in [0.5, 0.6) is 0 Å². The van der Waals surface area contributed by atoms with Crippen molar-refractivity contribution in [2.24, 2.45) is 0 Å². The number of fused-ring (bicyclic) bond motifs is 8. The van der Waals surface area contributed by atoms with Gasteiger partial charge in [-0.15, -0.1) is 49.4 Å². The molecule has 5 nitrogen and oxygen atoms in total. The zero-order chi connectivity index (χ0) is 46.7. The second-order valence-electron chi connectivity index (χ2n) is 17.3. The predicted molar refractivity (Wildman–Crippen MR) is 272 cm³/mol. The van der Waals surface area contributed by atoms with Gasteiger partial charge in [0.15, 0.2) is 0 Å². The molecule has 328 valence electrons. The summed E-state index contributed by atoms with van der Waals surface area (Å²) < 4.78 is 0. The highest BCUT2D eigenvalue weighted by molar-refractivity contribution is 5.57. The summed E-state index contributed by atoms with van der Waals surface area (Å²) in [5.41, 5.74) is 9.92. The van der Waals surface area contributed by atoms with E-state index in [2.05, 4.69) is 213 Å². The fourth-order valence-corrected chi connectivity index (χ4v) is 11.0. The van der Waals surface area contributed by atoms with Crippen LogP contribution in [0.15, 0.2) is 170 Å². The van der Waals surface area contributed by atoms with Crippen molar-refractivity contribution < 1.29 is 0 Å². The van der Waals surface area contributed by atoms with Gasteiger partial charge in [-0.2, -0.15) is 5.26 Å². The first-order valence-electron chi connectivity index (χ1n) is 23.0. The van der Waals surface area contributed by atoms with E-state index >= 15 is 0 Å². The van der Waals surface area contributed by atoms with E-state index < -0.39 is 21.7 Å². The molecule has 8 bridgehead atoms. The molecule has 5 heteroatoms. The van der Waals surface area contributed by atoms with E-state index in [9.17, 15) is 0 Å². The minimum atomic E-state index is -0.705. The summed E-state index contributed by atoms with van der Waals surface area (Å²) in [7, 11) is 0. The van der Waals surface area contributed by atoms with Crippen LogP contribution >= 0.6 is 0 Å². The van der Waals surface area contributed by atoms with Gasteiger partial charge in [0.05, 0.1) is 27.7 Å². The highest BCUT2D eigenvalue weighted by Gasteiger charge is 2.47. The maximum absolute atomic E-state index is 7.32. The maximum Gasteiger partial charge on any atom is 0.0760 e. The fraction of sp³-hybridized carbons (Fsp3) is 0.210. The first kappa shape index (κ1) is 45.3. The highest BCUT2D eigenvalue weighted by Crippen LogP contribution is 2.51. The third kappa shape index (κ3) is 7.79. The fourth-order valence-electron chi connectivity index (χ4n) is 11.0.